The van der Waals surface area contributed by atoms with Gasteiger partial charge >= 0.3 is 0 Å². The molecule has 0 fully saturated rings. The molecular weight excluding hydrogens is 385 g/mol. The van der Waals surface area contributed by atoms with Crippen LogP contribution < -0.4 is 16.0 Å². The average molecular weight is 407 g/mol. The summed E-state index contributed by atoms with van der Waals surface area (Å²) in [6, 6.07) is 9.34. The van der Waals surface area contributed by atoms with Gasteiger partial charge in [-0.3, -0.25) is 9.78 Å². The minimum atomic E-state index is -3.12. The van der Waals surface area contributed by atoms with Crippen molar-refractivity contribution >= 4 is 36.4 Å². The molecule has 26 heavy (non-hydrogen) atoms. The molecule has 0 aliphatic rings. The zero-order valence-corrected chi connectivity index (χ0v) is 16.0. The molecule has 5 nitrogen and oxygen atoms in total. The zero-order valence-electron chi connectivity index (χ0n) is 14.4. The number of anilines is 1. The maximum atomic E-state index is 13.1. The molecule has 9 heteroatoms. The molecule has 1 amide bonds. The molecule has 1 aromatic heterocycles. The van der Waals surface area contributed by atoms with E-state index in [0.29, 0.717) is 0 Å². The van der Waals surface area contributed by atoms with Gasteiger partial charge in [0.2, 0.25) is 0 Å². The molecule has 0 saturated carbocycles. The van der Waals surface area contributed by atoms with E-state index in [-0.39, 0.29) is 30.4 Å². The summed E-state index contributed by atoms with van der Waals surface area (Å²) in [4.78, 5) is 18.0. The molecule has 0 unspecified atom stereocenters. The van der Waals surface area contributed by atoms with Gasteiger partial charge in [0.25, 0.3) is 11.8 Å². The van der Waals surface area contributed by atoms with Crippen LogP contribution in [0, 0.1) is 0 Å². The van der Waals surface area contributed by atoms with Crippen LogP contribution in [0.1, 0.15) is 10.4 Å². The number of rotatable bonds is 6. The smallest absolute Gasteiger partial charge is 0.277 e. The molecule has 1 heterocycles. The van der Waals surface area contributed by atoms with E-state index in [4.69, 9.17) is 5.73 Å². The summed E-state index contributed by atoms with van der Waals surface area (Å²) in [5.41, 5.74) is 7.83. The Morgan fingerprint density at radius 2 is 1.77 bits per heavy atom. The zero-order chi connectivity index (χ0) is 17.7. The minimum absolute atomic E-state index is 0. The Kier molecular flexibility index (Phi) is 9.48. The van der Waals surface area contributed by atoms with Crippen LogP contribution in [0.4, 0.5) is 14.5 Å². The average Bonchev–Trinajstić information content (AvgIpc) is 2.60. The fraction of sp³-hybridized carbons (Fsp3) is 0.294. The summed E-state index contributed by atoms with van der Waals surface area (Å²) in [7, 11) is 3.89. The summed E-state index contributed by atoms with van der Waals surface area (Å²) in [5.74, 6) is -3.73. The molecule has 0 radical (unpaired) electrons. The molecule has 2 aromatic rings. The Labute approximate surface area is 163 Å². The van der Waals surface area contributed by atoms with Crippen LogP contribution in [-0.4, -0.2) is 44.0 Å². The molecule has 0 saturated heterocycles. The van der Waals surface area contributed by atoms with Crippen LogP contribution in [0.3, 0.4) is 0 Å². The highest BCUT2D eigenvalue weighted by molar-refractivity contribution is 5.95. The van der Waals surface area contributed by atoms with Crippen molar-refractivity contribution in [3.63, 3.8) is 0 Å². The van der Waals surface area contributed by atoms with Crippen molar-refractivity contribution in [3.8, 4) is 11.1 Å². The van der Waals surface area contributed by atoms with Crippen molar-refractivity contribution in [2.24, 2.45) is 5.73 Å². The first-order valence-electron chi connectivity index (χ1n) is 7.41. The predicted octanol–water partition coefficient (Wildman–Crippen LogP) is 2.98. The van der Waals surface area contributed by atoms with Gasteiger partial charge < -0.3 is 16.0 Å². The number of halogens is 4. The van der Waals surface area contributed by atoms with E-state index in [1.165, 1.54) is 6.20 Å². The monoisotopic (exact) mass is 406 g/mol. The molecule has 144 valence electrons. The molecule has 0 atom stereocenters. The Bertz CT molecular complexity index is 712. The van der Waals surface area contributed by atoms with Crippen LogP contribution >= 0.6 is 24.8 Å². The van der Waals surface area contributed by atoms with Crippen LogP contribution in [0.25, 0.3) is 11.1 Å². The lowest BCUT2D eigenvalue weighted by Gasteiger charge is -2.15. The fourth-order valence-electron chi connectivity index (χ4n) is 2.06. The van der Waals surface area contributed by atoms with Crippen LogP contribution in [0.15, 0.2) is 42.7 Å². The molecule has 2 rings (SSSR count). The highest BCUT2D eigenvalue weighted by atomic mass is 35.5. The minimum Gasteiger partial charge on any atom is -0.378 e. The van der Waals surface area contributed by atoms with Gasteiger partial charge in [-0.1, -0.05) is 12.1 Å². The van der Waals surface area contributed by atoms with Crippen molar-refractivity contribution in [1.29, 1.82) is 0 Å². The first-order valence-corrected chi connectivity index (χ1v) is 7.41. The maximum Gasteiger partial charge on any atom is 0.277 e. The van der Waals surface area contributed by atoms with Gasteiger partial charge in [-0.2, -0.15) is 0 Å². The third kappa shape index (κ3) is 6.40. The summed E-state index contributed by atoms with van der Waals surface area (Å²) < 4.78 is 26.2. The highest BCUT2D eigenvalue weighted by Gasteiger charge is 2.27. The number of carbonyl (C=O) groups is 1. The number of aromatic nitrogens is 1. The fourth-order valence-corrected chi connectivity index (χ4v) is 2.06. The summed E-state index contributed by atoms with van der Waals surface area (Å²) in [6.07, 6.45) is 2.96. The van der Waals surface area contributed by atoms with Gasteiger partial charge in [0, 0.05) is 37.7 Å². The SMILES string of the molecule is CN(C)c1ccc(-c2cncc(C(=O)NCC(F)(F)CN)c2)cc1.Cl.Cl. The number of nitrogens with zero attached hydrogens (tertiary/aromatic N) is 2. The molecular formula is C17H22Cl2F2N4O. The van der Waals surface area contributed by atoms with E-state index in [9.17, 15) is 13.6 Å². The lowest BCUT2D eigenvalue weighted by molar-refractivity contribution is 0.0118. The second kappa shape index (κ2) is 10.3. The lowest BCUT2D eigenvalue weighted by Crippen LogP contribution is -2.41. The van der Waals surface area contributed by atoms with Crippen molar-refractivity contribution < 1.29 is 13.6 Å². The van der Waals surface area contributed by atoms with E-state index in [2.05, 4.69) is 10.3 Å². The van der Waals surface area contributed by atoms with Crippen molar-refractivity contribution in [3.05, 3.63) is 48.3 Å². The van der Waals surface area contributed by atoms with Gasteiger partial charge in [-0.05, 0) is 23.8 Å². The number of hydrogen-bond acceptors (Lipinski definition) is 4. The standard InChI is InChI=1S/C17H20F2N4O.2ClH/c1-23(2)15-5-3-12(4-6-15)13-7-14(9-21-8-13)16(24)22-11-17(18,19)10-20;;/h3-9H,10-11,20H2,1-2H3,(H,22,24);2*1H. The molecule has 0 bridgehead atoms. The second-order valence-corrected chi connectivity index (χ2v) is 5.65. The molecule has 0 aliphatic carbocycles. The Morgan fingerprint density at radius 1 is 1.15 bits per heavy atom. The molecule has 0 spiro atoms. The largest absolute Gasteiger partial charge is 0.378 e. The quantitative estimate of drug-likeness (QED) is 0.773. The Hall–Kier alpha value is -1.96. The highest BCUT2D eigenvalue weighted by Crippen LogP contribution is 2.22. The van der Waals surface area contributed by atoms with Gasteiger partial charge in [-0.25, -0.2) is 8.78 Å². The second-order valence-electron chi connectivity index (χ2n) is 5.65. The van der Waals surface area contributed by atoms with Crippen molar-refractivity contribution in [2.45, 2.75) is 5.92 Å². The number of nitrogens with one attached hydrogen (secondary N) is 1. The normalized spacial score (nSPS) is 10.3. The lowest BCUT2D eigenvalue weighted by atomic mass is 10.1. The third-order valence-electron chi connectivity index (χ3n) is 3.52. The van der Waals surface area contributed by atoms with Crippen LogP contribution in [0.5, 0.6) is 0 Å². The first-order chi connectivity index (χ1) is 11.3. The summed E-state index contributed by atoms with van der Waals surface area (Å²) >= 11 is 0. The van der Waals surface area contributed by atoms with E-state index < -0.39 is 24.9 Å². The van der Waals surface area contributed by atoms with E-state index >= 15 is 0 Å². The Balaban J connectivity index is 0.00000312. The third-order valence-corrected chi connectivity index (χ3v) is 3.52. The number of carbonyl (C=O) groups excluding carboxylic acids is 1. The molecule has 0 aliphatic heterocycles. The molecule has 3 N–H and O–H groups in total. The van der Waals surface area contributed by atoms with E-state index in [0.717, 1.165) is 16.8 Å². The number of amides is 1. The van der Waals surface area contributed by atoms with Crippen molar-refractivity contribution in [1.82, 2.24) is 10.3 Å². The van der Waals surface area contributed by atoms with Crippen LogP contribution in [-0.2, 0) is 0 Å². The van der Waals surface area contributed by atoms with Gasteiger partial charge in [0.1, 0.15) is 0 Å². The van der Waals surface area contributed by atoms with E-state index in [1.807, 2.05) is 43.3 Å². The van der Waals surface area contributed by atoms with E-state index in [1.54, 1.807) is 12.3 Å². The predicted molar refractivity (Wildman–Crippen MR) is 105 cm³/mol. The van der Waals surface area contributed by atoms with Crippen molar-refractivity contribution in [2.75, 3.05) is 32.1 Å². The topological polar surface area (TPSA) is 71.2 Å². The maximum absolute atomic E-state index is 13.1. The number of alkyl halides is 2. The summed E-state index contributed by atoms with van der Waals surface area (Å²) in [6.45, 7) is -1.62. The summed E-state index contributed by atoms with van der Waals surface area (Å²) in [5, 5.41) is 2.18. The van der Waals surface area contributed by atoms with Gasteiger partial charge in [0.05, 0.1) is 18.7 Å². The van der Waals surface area contributed by atoms with Crippen LogP contribution in [0.2, 0.25) is 0 Å². The molecule has 1 aromatic carbocycles. The number of hydrogen-bond donors (Lipinski definition) is 2. The number of nitrogens with two attached hydrogens (primary N) is 1. The number of pyridine rings is 1. The van der Waals surface area contributed by atoms with Gasteiger partial charge in [-0.15, -0.1) is 24.8 Å². The first kappa shape index (κ1) is 24.0. The number of benzene rings is 1. The van der Waals surface area contributed by atoms with Gasteiger partial charge in [0.15, 0.2) is 0 Å². The Morgan fingerprint density at radius 3 is 2.31 bits per heavy atom.